The van der Waals surface area contributed by atoms with E-state index >= 15 is 0 Å². The minimum absolute atomic E-state index is 0.294. The molecule has 0 aliphatic rings. The number of anilines is 2. The molecular formula is C49H44N2. The maximum atomic E-state index is 5.35. The Morgan fingerprint density at radius 2 is 1.16 bits per heavy atom. The summed E-state index contributed by atoms with van der Waals surface area (Å²) in [4.78, 5) is 5.35. The number of hydrogen-bond donors (Lipinski definition) is 1. The van der Waals surface area contributed by atoms with E-state index in [0.717, 1.165) is 42.0 Å². The molecule has 1 N–H and O–H groups in total. The SMILES string of the molecule is CCCC(CC(=Nc1ccc(C)cc1)c1cccc(-c2ccccc2)c1)c1cccc(-c2cc(-c3ccccc3)ccc2Nc2ccccc2)c1. The third-order valence-electron chi connectivity index (χ3n) is 9.53. The largest absolute Gasteiger partial charge is 0.355 e. The van der Waals surface area contributed by atoms with Gasteiger partial charge in [-0.25, -0.2) is 0 Å². The zero-order valence-electron chi connectivity index (χ0n) is 29.5. The van der Waals surface area contributed by atoms with Crippen molar-refractivity contribution < 1.29 is 0 Å². The summed E-state index contributed by atoms with van der Waals surface area (Å²) >= 11 is 0. The van der Waals surface area contributed by atoms with Crippen LogP contribution in [-0.2, 0) is 0 Å². The van der Waals surface area contributed by atoms with Gasteiger partial charge in [-0.15, -0.1) is 0 Å². The number of nitrogens with one attached hydrogen (secondary N) is 1. The van der Waals surface area contributed by atoms with E-state index in [-0.39, 0.29) is 0 Å². The number of para-hydroxylation sites is 1. The minimum atomic E-state index is 0.294. The van der Waals surface area contributed by atoms with Crippen molar-refractivity contribution >= 4 is 22.8 Å². The summed E-state index contributed by atoms with van der Waals surface area (Å²) in [5, 5.41) is 3.71. The third kappa shape index (κ3) is 8.43. The van der Waals surface area contributed by atoms with Gasteiger partial charge in [0.1, 0.15) is 0 Å². The molecule has 51 heavy (non-hydrogen) atoms. The van der Waals surface area contributed by atoms with Crippen LogP contribution >= 0.6 is 0 Å². The zero-order valence-corrected chi connectivity index (χ0v) is 29.5. The number of nitrogens with zero attached hydrogens (tertiary/aromatic N) is 1. The molecule has 0 amide bonds. The molecule has 250 valence electrons. The van der Waals surface area contributed by atoms with Gasteiger partial charge in [-0.1, -0.05) is 158 Å². The van der Waals surface area contributed by atoms with E-state index < -0.39 is 0 Å². The fourth-order valence-corrected chi connectivity index (χ4v) is 6.82. The van der Waals surface area contributed by atoms with Crippen LogP contribution in [0.5, 0.6) is 0 Å². The van der Waals surface area contributed by atoms with E-state index in [9.17, 15) is 0 Å². The average Bonchev–Trinajstić information content (AvgIpc) is 3.19. The third-order valence-corrected chi connectivity index (χ3v) is 9.53. The van der Waals surface area contributed by atoms with E-state index in [0.29, 0.717) is 5.92 Å². The molecule has 0 aromatic heterocycles. The maximum Gasteiger partial charge on any atom is 0.0633 e. The second-order valence-corrected chi connectivity index (χ2v) is 13.3. The Morgan fingerprint density at radius 1 is 0.549 bits per heavy atom. The summed E-state index contributed by atoms with van der Waals surface area (Å²) in [7, 11) is 0. The normalized spacial score (nSPS) is 12.0. The molecule has 7 rings (SSSR count). The number of aliphatic imine (C=N–C) groups is 1. The summed E-state index contributed by atoms with van der Waals surface area (Å²) < 4.78 is 0. The smallest absolute Gasteiger partial charge is 0.0633 e. The molecule has 0 aliphatic heterocycles. The van der Waals surface area contributed by atoms with Crippen LogP contribution in [0.15, 0.2) is 187 Å². The van der Waals surface area contributed by atoms with Gasteiger partial charge in [-0.2, -0.15) is 0 Å². The maximum absolute atomic E-state index is 5.35. The van der Waals surface area contributed by atoms with Crippen molar-refractivity contribution in [3.8, 4) is 33.4 Å². The monoisotopic (exact) mass is 660 g/mol. The van der Waals surface area contributed by atoms with Crippen molar-refractivity contribution in [1.82, 2.24) is 0 Å². The molecule has 0 fully saturated rings. The van der Waals surface area contributed by atoms with Crippen molar-refractivity contribution in [3.05, 3.63) is 199 Å². The molecule has 0 bridgehead atoms. The van der Waals surface area contributed by atoms with Crippen LogP contribution in [0.1, 0.15) is 48.8 Å². The summed E-state index contributed by atoms with van der Waals surface area (Å²) in [5.74, 6) is 0.294. The van der Waals surface area contributed by atoms with Crippen molar-refractivity contribution in [3.63, 3.8) is 0 Å². The van der Waals surface area contributed by atoms with Crippen LogP contribution in [0.2, 0.25) is 0 Å². The first kappa shape index (κ1) is 33.5. The van der Waals surface area contributed by atoms with E-state index in [1.54, 1.807) is 0 Å². The summed E-state index contributed by atoms with van der Waals surface area (Å²) in [6.45, 7) is 4.41. The first-order chi connectivity index (χ1) is 25.1. The molecule has 1 atom stereocenters. The van der Waals surface area contributed by atoms with Crippen molar-refractivity contribution in [2.45, 2.75) is 39.0 Å². The predicted octanol–water partition coefficient (Wildman–Crippen LogP) is 13.8. The fourth-order valence-electron chi connectivity index (χ4n) is 6.82. The molecule has 0 aliphatic carbocycles. The van der Waals surface area contributed by atoms with Crippen molar-refractivity contribution in [2.75, 3.05) is 5.32 Å². The fraction of sp³-hybridized carbons (Fsp3) is 0.122. The standard InChI is InChI=1S/C49H44N2/c1-3-15-39(35-49(51-46-29-26-36(2)27-30-46)44-23-14-20-40(33-44)37-16-7-4-8-17-37)41-21-13-22-43(32-41)47-34-42(38-18-9-5-10-19-38)28-31-48(47)50-45-24-11-6-12-25-45/h4-14,16-34,39,50H,3,15,35H2,1-2H3. The Labute approximate surface area is 303 Å². The molecule has 2 heteroatoms. The molecule has 7 aromatic carbocycles. The molecule has 0 saturated heterocycles. The van der Waals surface area contributed by atoms with Gasteiger partial charge in [-0.3, -0.25) is 4.99 Å². The lowest BCUT2D eigenvalue weighted by atomic mass is 9.85. The van der Waals surface area contributed by atoms with E-state index in [1.165, 1.54) is 50.1 Å². The van der Waals surface area contributed by atoms with Crippen LogP contribution in [-0.4, -0.2) is 5.71 Å². The highest BCUT2D eigenvalue weighted by atomic mass is 14.9. The highest BCUT2D eigenvalue weighted by molar-refractivity contribution is 6.03. The summed E-state index contributed by atoms with van der Waals surface area (Å²) in [5.41, 5.74) is 15.2. The number of aryl methyl sites for hydroxylation is 1. The topological polar surface area (TPSA) is 24.4 Å². The molecule has 1 unspecified atom stereocenters. The lowest BCUT2D eigenvalue weighted by molar-refractivity contribution is 0.634. The summed E-state index contributed by atoms with van der Waals surface area (Å²) in [6, 6.07) is 65.1. The van der Waals surface area contributed by atoms with Gasteiger partial charge < -0.3 is 5.32 Å². The molecule has 7 aromatic rings. The second kappa shape index (κ2) is 16.1. The van der Waals surface area contributed by atoms with Gasteiger partial charge in [0.05, 0.1) is 5.69 Å². The lowest BCUT2D eigenvalue weighted by Crippen LogP contribution is -2.09. The van der Waals surface area contributed by atoms with Crippen LogP contribution in [0.4, 0.5) is 17.1 Å². The Balaban J connectivity index is 1.29. The first-order valence-electron chi connectivity index (χ1n) is 18.0. The van der Waals surface area contributed by atoms with Crippen LogP contribution in [0, 0.1) is 6.92 Å². The van der Waals surface area contributed by atoms with Crippen LogP contribution < -0.4 is 5.32 Å². The second-order valence-electron chi connectivity index (χ2n) is 13.3. The lowest BCUT2D eigenvalue weighted by Gasteiger charge is -2.21. The molecular weight excluding hydrogens is 617 g/mol. The quantitative estimate of drug-likeness (QED) is 0.130. The molecule has 0 saturated carbocycles. The summed E-state index contributed by atoms with van der Waals surface area (Å²) in [6.07, 6.45) is 2.98. The van der Waals surface area contributed by atoms with Gasteiger partial charge in [0, 0.05) is 22.6 Å². The highest BCUT2D eigenvalue weighted by Crippen LogP contribution is 2.37. The number of benzene rings is 7. The van der Waals surface area contributed by atoms with Crippen molar-refractivity contribution in [1.29, 1.82) is 0 Å². The molecule has 0 spiro atoms. The molecule has 0 radical (unpaired) electrons. The molecule has 0 heterocycles. The van der Waals surface area contributed by atoms with Crippen molar-refractivity contribution in [2.24, 2.45) is 4.99 Å². The Morgan fingerprint density at radius 3 is 1.84 bits per heavy atom. The predicted molar refractivity (Wildman–Crippen MR) is 219 cm³/mol. The van der Waals surface area contributed by atoms with E-state index in [4.69, 9.17) is 4.99 Å². The van der Waals surface area contributed by atoms with E-state index in [1.807, 2.05) is 0 Å². The Bertz CT molecular complexity index is 2200. The van der Waals surface area contributed by atoms with E-state index in [2.05, 4.69) is 201 Å². The average molecular weight is 661 g/mol. The zero-order chi connectivity index (χ0) is 34.8. The Kier molecular flexibility index (Phi) is 10.6. The number of hydrogen-bond acceptors (Lipinski definition) is 2. The minimum Gasteiger partial charge on any atom is -0.355 e. The van der Waals surface area contributed by atoms with Crippen LogP contribution in [0.3, 0.4) is 0 Å². The van der Waals surface area contributed by atoms with Gasteiger partial charge in [0.15, 0.2) is 0 Å². The van der Waals surface area contributed by atoms with Gasteiger partial charge in [-0.05, 0) is 107 Å². The van der Waals surface area contributed by atoms with Crippen LogP contribution in [0.25, 0.3) is 33.4 Å². The van der Waals surface area contributed by atoms with Gasteiger partial charge in [0.2, 0.25) is 0 Å². The highest BCUT2D eigenvalue weighted by Gasteiger charge is 2.18. The first-order valence-corrected chi connectivity index (χ1v) is 18.0. The number of rotatable bonds is 12. The van der Waals surface area contributed by atoms with Gasteiger partial charge in [0.25, 0.3) is 0 Å². The van der Waals surface area contributed by atoms with Gasteiger partial charge >= 0.3 is 0 Å². The molecule has 2 nitrogen and oxygen atoms in total. The Hall–Kier alpha value is -5.99.